The van der Waals surface area contributed by atoms with E-state index in [1.54, 1.807) is 26.4 Å². The fourth-order valence-electron chi connectivity index (χ4n) is 3.42. The Morgan fingerprint density at radius 1 is 0.600 bits per heavy atom. The van der Waals surface area contributed by atoms with Crippen LogP contribution in [0.1, 0.15) is 0 Å². The van der Waals surface area contributed by atoms with Crippen molar-refractivity contribution in [1.29, 1.82) is 0 Å². The molecule has 0 fully saturated rings. The smallest absolute Gasteiger partial charge is 0.136 e. The molecule has 0 spiro atoms. The molecule has 4 rings (SSSR count). The predicted octanol–water partition coefficient (Wildman–Crippen LogP) is 6.18. The van der Waals surface area contributed by atoms with E-state index in [0.29, 0.717) is 17.0 Å². The average Bonchev–Trinajstić information content (AvgIpc) is 3.24. The quantitative estimate of drug-likeness (QED) is 0.418. The van der Waals surface area contributed by atoms with Gasteiger partial charge in [0.15, 0.2) is 0 Å². The lowest BCUT2D eigenvalue weighted by Crippen LogP contribution is -1.90. The number of hydrogen-bond donors (Lipinski definition) is 1. The van der Waals surface area contributed by atoms with Gasteiger partial charge in [0.1, 0.15) is 23.1 Å². The molecule has 0 aliphatic carbocycles. The van der Waals surface area contributed by atoms with Crippen LogP contribution in [-0.2, 0) is 0 Å². The summed E-state index contributed by atoms with van der Waals surface area (Å²) in [6.45, 7) is 0. The highest BCUT2D eigenvalue weighted by Crippen LogP contribution is 2.38. The molecule has 0 saturated heterocycles. The van der Waals surface area contributed by atoms with Crippen molar-refractivity contribution >= 4 is 0 Å². The molecule has 0 amide bonds. The van der Waals surface area contributed by atoms with Crippen molar-refractivity contribution < 1.29 is 18.6 Å². The van der Waals surface area contributed by atoms with Crippen LogP contribution in [0.15, 0.2) is 72.8 Å². The predicted molar refractivity (Wildman–Crippen MR) is 117 cm³/mol. The largest absolute Gasteiger partial charge is 0.497 e. The fourth-order valence-corrected chi connectivity index (χ4v) is 3.42. The first-order chi connectivity index (χ1) is 14.6. The summed E-state index contributed by atoms with van der Waals surface area (Å²) in [5.74, 6) is 1.67. The molecule has 4 nitrogen and oxygen atoms in total. The van der Waals surface area contributed by atoms with Gasteiger partial charge in [0.25, 0.3) is 0 Å². The van der Waals surface area contributed by atoms with E-state index in [9.17, 15) is 4.39 Å². The minimum atomic E-state index is -0.354. The molecule has 1 heterocycles. The molecule has 0 bridgehead atoms. The average molecular weight is 403 g/mol. The first-order valence-corrected chi connectivity index (χ1v) is 9.48. The van der Waals surface area contributed by atoms with Crippen molar-refractivity contribution in [3.05, 3.63) is 78.6 Å². The van der Waals surface area contributed by atoms with Gasteiger partial charge in [0, 0.05) is 22.9 Å². The summed E-state index contributed by atoms with van der Waals surface area (Å²) in [6, 6.07) is 22.3. The van der Waals surface area contributed by atoms with Gasteiger partial charge in [-0.25, -0.2) is 4.39 Å². The molecular formula is C25H22FNO3. The number of H-pyrrole nitrogens is 1. The molecule has 3 aromatic carbocycles. The van der Waals surface area contributed by atoms with E-state index in [4.69, 9.17) is 14.2 Å². The number of aromatic amines is 1. The Bertz CT molecular complexity index is 1150. The summed E-state index contributed by atoms with van der Waals surface area (Å²) in [5.41, 5.74) is 4.89. The Kier molecular flexibility index (Phi) is 5.44. The lowest BCUT2D eigenvalue weighted by atomic mass is 10.0. The van der Waals surface area contributed by atoms with Gasteiger partial charge in [-0.05, 0) is 65.7 Å². The zero-order valence-electron chi connectivity index (χ0n) is 17.0. The van der Waals surface area contributed by atoms with Crippen LogP contribution in [0.3, 0.4) is 0 Å². The van der Waals surface area contributed by atoms with Crippen molar-refractivity contribution in [2.45, 2.75) is 0 Å². The van der Waals surface area contributed by atoms with E-state index in [1.165, 1.54) is 13.2 Å². The molecule has 0 aliphatic rings. The van der Waals surface area contributed by atoms with Crippen molar-refractivity contribution in [1.82, 2.24) is 4.98 Å². The number of halogens is 1. The molecule has 1 aromatic heterocycles. The molecule has 0 radical (unpaired) electrons. The normalized spacial score (nSPS) is 10.7. The maximum atomic E-state index is 14.9. The second-order valence-electron chi connectivity index (χ2n) is 6.77. The summed E-state index contributed by atoms with van der Waals surface area (Å²) < 4.78 is 30.6. The highest BCUT2D eigenvalue weighted by atomic mass is 19.1. The van der Waals surface area contributed by atoms with Crippen molar-refractivity contribution in [3.8, 4) is 50.9 Å². The zero-order valence-corrected chi connectivity index (χ0v) is 17.0. The maximum absolute atomic E-state index is 14.9. The number of hydrogen-bond acceptors (Lipinski definition) is 3. The van der Waals surface area contributed by atoms with Crippen molar-refractivity contribution in [3.63, 3.8) is 0 Å². The minimum Gasteiger partial charge on any atom is -0.497 e. The Hall–Kier alpha value is -3.73. The van der Waals surface area contributed by atoms with Crippen LogP contribution in [-0.4, -0.2) is 26.3 Å². The van der Waals surface area contributed by atoms with E-state index in [2.05, 4.69) is 4.98 Å². The number of benzene rings is 3. The van der Waals surface area contributed by atoms with Crippen LogP contribution in [0.5, 0.6) is 17.2 Å². The van der Waals surface area contributed by atoms with Crippen molar-refractivity contribution in [2.75, 3.05) is 21.3 Å². The van der Waals surface area contributed by atoms with Gasteiger partial charge in [-0.15, -0.1) is 0 Å². The molecule has 1 N–H and O–H groups in total. The molecule has 0 unspecified atom stereocenters. The van der Waals surface area contributed by atoms with Crippen LogP contribution < -0.4 is 14.2 Å². The third-order valence-corrected chi connectivity index (χ3v) is 5.07. The molecular weight excluding hydrogens is 381 g/mol. The topological polar surface area (TPSA) is 43.5 Å². The maximum Gasteiger partial charge on any atom is 0.136 e. The Labute approximate surface area is 174 Å². The summed E-state index contributed by atoms with van der Waals surface area (Å²) in [7, 11) is 4.79. The lowest BCUT2D eigenvalue weighted by Gasteiger charge is -2.08. The van der Waals surface area contributed by atoms with Crippen LogP contribution in [0.2, 0.25) is 0 Å². The van der Waals surface area contributed by atoms with Crippen molar-refractivity contribution in [2.24, 2.45) is 0 Å². The molecule has 0 aliphatic heterocycles. The SMILES string of the molecule is COc1ccc(-c2cc(-c3ccc(OC)cc3)c(-c3ccc(OC)cc3F)[nH]2)cc1. The van der Waals surface area contributed by atoms with E-state index in [0.717, 1.165) is 33.9 Å². The minimum absolute atomic E-state index is 0.354. The monoisotopic (exact) mass is 403 g/mol. The second-order valence-corrected chi connectivity index (χ2v) is 6.77. The van der Waals surface area contributed by atoms with Crippen LogP contribution in [0, 0.1) is 5.82 Å². The molecule has 5 heteroatoms. The summed E-state index contributed by atoms with van der Waals surface area (Å²) >= 11 is 0. The summed E-state index contributed by atoms with van der Waals surface area (Å²) in [5, 5.41) is 0. The van der Waals surface area contributed by atoms with Gasteiger partial charge >= 0.3 is 0 Å². The third-order valence-electron chi connectivity index (χ3n) is 5.07. The van der Waals surface area contributed by atoms with E-state index < -0.39 is 0 Å². The summed E-state index contributed by atoms with van der Waals surface area (Å²) in [6.07, 6.45) is 0. The van der Waals surface area contributed by atoms with Gasteiger partial charge in [0.05, 0.1) is 27.0 Å². The number of methoxy groups -OCH3 is 3. The van der Waals surface area contributed by atoms with E-state index in [1.807, 2.05) is 54.6 Å². The first-order valence-electron chi connectivity index (χ1n) is 9.48. The van der Waals surface area contributed by atoms with Gasteiger partial charge < -0.3 is 19.2 Å². The molecule has 4 aromatic rings. The molecule has 152 valence electrons. The number of ether oxygens (including phenoxy) is 3. The van der Waals surface area contributed by atoms with Gasteiger partial charge in [-0.1, -0.05) is 12.1 Å². The van der Waals surface area contributed by atoms with Gasteiger partial charge in [0.2, 0.25) is 0 Å². The first kappa shape index (κ1) is 19.6. The third kappa shape index (κ3) is 3.74. The van der Waals surface area contributed by atoms with Gasteiger partial charge in [-0.2, -0.15) is 0 Å². The summed E-state index contributed by atoms with van der Waals surface area (Å²) in [4.78, 5) is 3.40. The zero-order chi connectivity index (χ0) is 21.1. The second kappa shape index (κ2) is 8.33. The highest BCUT2D eigenvalue weighted by molar-refractivity contribution is 5.86. The number of aromatic nitrogens is 1. The fraction of sp³-hybridized carbons (Fsp3) is 0.120. The van der Waals surface area contributed by atoms with Gasteiger partial charge in [-0.3, -0.25) is 0 Å². The standard InChI is InChI=1S/C25H22FNO3/c1-28-18-8-4-16(5-9-18)22-15-24(17-6-10-19(29-2)11-7-17)27-25(22)21-13-12-20(30-3)14-23(21)26/h4-15,27H,1-3H3. The van der Waals surface area contributed by atoms with Crippen LogP contribution in [0.25, 0.3) is 33.6 Å². The molecule has 30 heavy (non-hydrogen) atoms. The van der Waals surface area contributed by atoms with E-state index in [-0.39, 0.29) is 5.82 Å². The Morgan fingerprint density at radius 3 is 1.67 bits per heavy atom. The van der Waals surface area contributed by atoms with Crippen LogP contribution >= 0.6 is 0 Å². The molecule has 0 atom stereocenters. The number of rotatable bonds is 6. The lowest BCUT2D eigenvalue weighted by molar-refractivity contribution is 0.411. The highest BCUT2D eigenvalue weighted by Gasteiger charge is 2.17. The molecule has 0 saturated carbocycles. The van der Waals surface area contributed by atoms with Crippen LogP contribution in [0.4, 0.5) is 4.39 Å². The van der Waals surface area contributed by atoms with E-state index >= 15 is 0 Å². The Morgan fingerprint density at radius 2 is 1.13 bits per heavy atom. The Balaban J connectivity index is 1.86. The number of nitrogens with one attached hydrogen (secondary N) is 1.